The molecule has 0 fully saturated rings. The molecule has 8 heteroatoms. The number of rotatable bonds is 6. The van der Waals surface area contributed by atoms with Crippen LogP contribution in [-0.2, 0) is 17.7 Å². The largest absolute Gasteiger partial charge is 0.480 e. The minimum atomic E-state index is -0.549. The Morgan fingerprint density at radius 3 is 2.68 bits per heavy atom. The van der Waals surface area contributed by atoms with E-state index in [-0.39, 0.29) is 17.3 Å². The average molecular weight is 440 g/mol. The summed E-state index contributed by atoms with van der Waals surface area (Å²) in [6.07, 6.45) is 2.07. The van der Waals surface area contributed by atoms with Crippen molar-refractivity contribution in [3.05, 3.63) is 88.0 Å². The highest BCUT2D eigenvalue weighted by Crippen LogP contribution is 2.29. The van der Waals surface area contributed by atoms with E-state index in [0.29, 0.717) is 34.5 Å². The van der Waals surface area contributed by atoms with Gasteiger partial charge in [0.25, 0.3) is 0 Å². The summed E-state index contributed by atoms with van der Waals surface area (Å²) >= 11 is 6.34. The van der Waals surface area contributed by atoms with Crippen molar-refractivity contribution in [2.24, 2.45) is 0 Å². The van der Waals surface area contributed by atoms with Crippen LogP contribution >= 0.6 is 11.6 Å². The number of esters is 1. The molecule has 0 atom stereocenters. The quantitative estimate of drug-likeness (QED) is 0.409. The Bertz CT molecular complexity index is 1270. The van der Waals surface area contributed by atoms with Crippen molar-refractivity contribution in [1.29, 1.82) is 0 Å². The van der Waals surface area contributed by atoms with Crippen LogP contribution in [0.3, 0.4) is 0 Å². The molecule has 0 aliphatic heterocycles. The highest BCUT2D eigenvalue weighted by atomic mass is 35.5. The van der Waals surface area contributed by atoms with Gasteiger partial charge in [0.15, 0.2) is 0 Å². The maximum atomic E-state index is 14.1. The van der Waals surface area contributed by atoms with Gasteiger partial charge in [0.05, 0.1) is 26.3 Å². The number of fused-ring (bicyclic) bond motifs is 1. The van der Waals surface area contributed by atoms with Crippen molar-refractivity contribution in [2.75, 3.05) is 14.2 Å². The number of hydrogen-bond acceptors (Lipinski definition) is 5. The maximum absolute atomic E-state index is 14.1. The first-order chi connectivity index (χ1) is 15.0. The number of halogens is 2. The number of aromatic nitrogens is 3. The summed E-state index contributed by atoms with van der Waals surface area (Å²) in [5.74, 6) is -0.646. The van der Waals surface area contributed by atoms with Gasteiger partial charge in [0.1, 0.15) is 11.4 Å². The van der Waals surface area contributed by atoms with Crippen LogP contribution in [-0.4, -0.2) is 35.0 Å². The van der Waals surface area contributed by atoms with E-state index in [1.54, 1.807) is 47.3 Å². The predicted octanol–water partition coefficient (Wildman–Crippen LogP) is 4.66. The maximum Gasteiger partial charge on any atom is 0.343 e. The third kappa shape index (κ3) is 4.22. The van der Waals surface area contributed by atoms with Gasteiger partial charge in [0, 0.05) is 34.3 Å². The number of pyridine rings is 1. The summed E-state index contributed by atoms with van der Waals surface area (Å²) in [6, 6.07) is 13.7. The zero-order chi connectivity index (χ0) is 22.0. The van der Waals surface area contributed by atoms with Gasteiger partial charge in [-0.25, -0.2) is 14.2 Å². The molecule has 158 valence electrons. The van der Waals surface area contributed by atoms with Crippen molar-refractivity contribution < 1.29 is 18.7 Å². The molecule has 2 aromatic heterocycles. The topological polar surface area (TPSA) is 66.2 Å². The molecule has 0 saturated carbocycles. The molecule has 2 aromatic carbocycles. The first-order valence-corrected chi connectivity index (χ1v) is 9.87. The second-order valence-corrected chi connectivity index (χ2v) is 7.36. The van der Waals surface area contributed by atoms with Gasteiger partial charge in [-0.15, -0.1) is 0 Å². The molecule has 0 bridgehead atoms. The number of methoxy groups -OCH3 is 2. The zero-order valence-electron chi connectivity index (χ0n) is 16.9. The van der Waals surface area contributed by atoms with Crippen LogP contribution in [0, 0.1) is 5.82 Å². The van der Waals surface area contributed by atoms with Gasteiger partial charge in [-0.3, -0.25) is 4.68 Å². The molecule has 0 aliphatic carbocycles. The van der Waals surface area contributed by atoms with Gasteiger partial charge in [-0.1, -0.05) is 29.8 Å². The minimum absolute atomic E-state index is 0.162. The summed E-state index contributed by atoms with van der Waals surface area (Å²) in [5.41, 5.74) is 3.06. The number of carbonyl (C=O) groups is 1. The Hall–Kier alpha value is -3.45. The Morgan fingerprint density at radius 1 is 1.13 bits per heavy atom. The van der Waals surface area contributed by atoms with Crippen LogP contribution in [0.4, 0.5) is 4.39 Å². The molecular weight excluding hydrogens is 421 g/mol. The third-order valence-electron chi connectivity index (χ3n) is 4.98. The Morgan fingerprint density at radius 2 is 1.94 bits per heavy atom. The Balaban J connectivity index is 1.75. The summed E-state index contributed by atoms with van der Waals surface area (Å²) in [5, 5.41) is 5.56. The number of nitrogens with zero attached hydrogens (tertiary/aromatic N) is 3. The number of ether oxygens (including phenoxy) is 2. The molecule has 0 amide bonds. The van der Waals surface area contributed by atoms with Crippen molar-refractivity contribution in [3.8, 4) is 5.88 Å². The van der Waals surface area contributed by atoms with E-state index in [2.05, 4.69) is 10.1 Å². The number of benzene rings is 2. The van der Waals surface area contributed by atoms with Crippen LogP contribution in [0.1, 0.15) is 27.2 Å². The van der Waals surface area contributed by atoms with Crippen LogP contribution in [0.5, 0.6) is 5.88 Å². The molecule has 0 aliphatic rings. The van der Waals surface area contributed by atoms with Gasteiger partial charge in [0.2, 0.25) is 5.88 Å². The van der Waals surface area contributed by atoms with Crippen LogP contribution < -0.4 is 4.74 Å². The molecule has 31 heavy (non-hydrogen) atoms. The summed E-state index contributed by atoms with van der Waals surface area (Å²) in [6.45, 7) is 0.363. The molecule has 6 nitrogen and oxygen atoms in total. The lowest BCUT2D eigenvalue weighted by atomic mass is 10.1. The first kappa shape index (κ1) is 20.8. The molecule has 0 radical (unpaired) electrons. The summed E-state index contributed by atoms with van der Waals surface area (Å²) in [7, 11) is 2.74. The fraction of sp³-hybridized carbons (Fsp3) is 0.174. The highest BCUT2D eigenvalue weighted by Gasteiger charge is 2.18. The van der Waals surface area contributed by atoms with Crippen molar-refractivity contribution in [3.63, 3.8) is 0 Å². The fourth-order valence-electron chi connectivity index (χ4n) is 3.49. The van der Waals surface area contributed by atoms with Gasteiger partial charge in [-0.05, 0) is 35.9 Å². The van der Waals surface area contributed by atoms with Gasteiger partial charge >= 0.3 is 5.97 Å². The van der Waals surface area contributed by atoms with E-state index < -0.39 is 5.97 Å². The second-order valence-electron chi connectivity index (χ2n) is 6.92. The average Bonchev–Trinajstić information content (AvgIpc) is 3.20. The van der Waals surface area contributed by atoms with E-state index in [4.69, 9.17) is 21.1 Å². The molecule has 4 aromatic rings. The third-order valence-corrected chi connectivity index (χ3v) is 5.20. The van der Waals surface area contributed by atoms with Crippen molar-refractivity contribution >= 4 is 28.5 Å². The molecule has 0 saturated heterocycles. The molecule has 4 rings (SSSR count). The summed E-state index contributed by atoms with van der Waals surface area (Å²) in [4.78, 5) is 16.6. The lowest BCUT2D eigenvalue weighted by molar-refractivity contribution is 0.0596. The highest BCUT2D eigenvalue weighted by molar-refractivity contribution is 6.31. The molecule has 2 heterocycles. The lowest BCUT2D eigenvalue weighted by Gasteiger charge is -2.13. The monoisotopic (exact) mass is 439 g/mol. The summed E-state index contributed by atoms with van der Waals surface area (Å²) < 4.78 is 26.0. The first-order valence-electron chi connectivity index (χ1n) is 9.49. The van der Waals surface area contributed by atoms with Crippen molar-refractivity contribution in [1.82, 2.24) is 14.8 Å². The minimum Gasteiger partial charge on any atom is -0.480 e. The smallest absolute Gasteiger partial charge is 0.343 e. The van der Waals surface area contributed by atoms with E-state index in [9.17, 15) is 9.18 Å². The van der Waals surface area contributed by atoms with Gasteiger partial charge < -0.3 is 9.47 Å². The standard InChI is InChI=1S/C23H19ClFN3O3/c1-30-22-19(23(29)31-2)12-15-9-17(24)10-16(21(15)27-22)13-28-18(7-8-26-28)11-14-5-3-4-6-20(14)25/h3-10,12H,11,13H2,1-2H3. The van der Waals surface area contributed by atoms with E-state index in [0.717, 1.165) is 11.3 Å². The normalized spacial score (nSPS) is 11.0. The number of carbonyl (C=O) groups excluding carboxylic acids is 1. The second kappa shape index (κ2) is 8.73. The lowest BCUT2D eigenvalue weighted by Crippen LogP contribution is -2.10. The van der Waals surface area contributed by atoms with Crippen LogP contribution in [0.2, 0.25) is 5.02 Å². The van der Waals surface area contributed by atoms with E-state index in [1.165, 1.54) is 20.3 Å². The van der Waals surface area contributed by atoms with Crippen LogP contribution in [0.15, 0.2) is 54.7 Å². The van der Waals surface area contributed by atoms with E-state index in [1.807, 2.05) is 6.07 Å². The predicted molar refractivity (Wildman–Crippen MR) is 115 cm³/mol. The molecule has 0 N–H and O–H groups in total. The Kier molecular flexibility index (Phi) is 5.86. The molecule has 0 spiro atoms. The van der Waals surface area contributed by atoms with Gasteiger partial charge in [-0.2, -0.15) is 5.10 Å². The Labute approximate surface area is 183 Å². The molecule has 0 unspecified atom stereocenters. The van der Waals surface area contributed by atoms with Crippen molar-refractivity contribution in [2.45, 2.75) is 13.0 Å². The molecular formula is C23H19ClFN3O3. The zero-order valence-corrected chi connectivity index (χ0v) is 17.7. The fourth-order valence-corrected chi connectivity index (χ4v) is 3.74. The SMILES string of the molecule is COC(=O)c1cc2cc(Cl)cc(Cn3nccc3Cc3ccccc3F)c2nc1OC. The van der Waals surface area contributed by atoms with Crippen LogP contribution in [0.25, 0.3) is 10.9 Å². The number of hydrogen-bond donors (Lipinski definition) is 0. The van der Waals surface area contributed by atoms with E-state index >= 15 is 0 Å².